The molecule has 0 saturated heterocycles. The second-order valence-corrected chi connectivity index (χ2v) is 7.30. The highest BCUT2D eigenvalue weighted by molar-refractivity contribution is 5.55. The van der Waals surface area contributed by atoms with E-state index in [2.05, 4.69) is 34.9 Å². The van der Waals surface area contributed by atoms with E-state index in [4.69, 9.17) is 0 Å². The summed E-state index contributed by atoms with van der Waals surface area (Å²) in [4.78, 5) is 0. The molecule has 30 heavy (non-hydrogen) atoms. The standard InChI is InChI=1S/C12H11F6NO.C9H11N/c13-11(14,15)10(20,12(16,17)18)8-3-4-9-7(6-8)2-1-5-19-9;1-2-6-9-8(4-1)5-3-7-10-9/h3-4,6,19-20H,1-2,5H2;1-2,4,6,10H,3,5,7H2. The number of rotatable bonds is 1. The maximum Gasteiger partial charge on any atom is 0.430 e. The molecule has 2 aliphatic rings. The van der Waals surface area contributed by atoms with Crippen molar-refractivity contribution in [1.29, 1.82) is 0 Å². The van der Waals surface area contributed by atoms with E-state index in [-0.39, 0.29) is 0 Å². The molecule has 0 radical (unpaired) electrons. The fourth-order valence-electron chi connectivity index (χ4n) is 3.60. The Morgan fingerprint density at radius 3 is 1.80 bits per heavy atom. The van der Waals surface area contributed by atoms with E-state index in [0.29, 0.717) is 36.7 Å². The zero-order chi connectivity index (χ0) is 22.0. The van der Waals surface area contributed by atoms with Crippen LogP contribution in [0.5, 0.6) is 0 Å². The van der Waals surface area contributed by atoms with E-state index in [0.717, 1.165) is 18.7 Å². The van der Waals surface area contributed by atoms with Crippen LogP contribution in [0.1, 0.15) is 29.5 Å². The molecule has 2 aromatic rings. The molecule has 4 rings (SSSR count). The maximum absolute atomic E-state index is 12.7. The SMILES string of the molecule is OC(c1ccc2c(c1)CCCN2)(C(F)(F)F)C(F)(F)F.c1ccc2c(c1)CCCN2. The molecule has 9 heteroatoms. The van der Waals surface area contributed by atoms with Gasteiger partial charge in [-0.15, -0.1) is 0 Å². The fraction of sp³-hybridized carbons (Fsp3) is 0.429. The highest BCUT2D eigenvalue weighted by atomic mass is 19.4. The molecule has 0 spiro atoms. The summed E-state index contributed by atoms with van der Waals surface area (Å²) >= 11 is 0. The van der Waals surface area contributed by atoms with Gasteiger partial charge in [-0.3, -0.25) is 0 Å². The van der Waals surface area contributed by atoms with E-state index >= 15 is 0 Å². The van der Waals surface area contributed by atoms with Crippen LogP contribution in [0.15, 0.2) is 42.5 Å². The van der Waals surface area contributed by atoms with Gasteiger partial charge in [0.2, 0.25) is 0 Å². The smallest absolute Gasteiger partial charge is 0.385 e. The highest BCUT2D eigenvalue weighted by Gasteiger charge is 2.71. The number of aliphatic hydroxyl groups is 1. The Kier molecular flexibility index (Phi) is 6.21. The molecule has 2 heterocycles. The van der Waals surface area contributed by atoms with Crippen molar-refractivity contribution in [3.8, 4) is 0 Å². The van der Waals surface area contributed by atoms with Crippen molar-refractivity contribution < 1.29 is 31.4 Å². The van der Waals surface area contributed by atoms with Crippen molar-refractivity contribution >= 4 is 11.4 Å². The third kappa shape index (κ3) is 4.35. The van der Waals surface area contributed by atoms with Gasteiger partial charge >= 0.3 is 12.4 Å². The molecule has 2 aromatic carbocycles. The van der Waals surface area contributed by atoms with Crippen LogP contribution in [-0.4, -0.2) is 30.5 Å². The van der Waals surface area contributed by atoms with Crippen LogP contribution >= 0.6 is 0 Å². The van der Waals surface area contributed by atoms with Gasteiger partial charge in [0.05, 0.1) is 0 Å². The molecule has 0 saturated carbocycles. The monoisotopic (exact) mass is 432 g/mol. The first-order valence-corrected chi connectivity index (χ1v) is 9.59. The molecule has 3 nitrogen and oxygen atoms in total. The number of fused-ring (bicyclic) bond motifs is 2. The van der Waals surface area contributed by atoms with Crippen LogP contribution in [0, 0.1) is 0 Å². The lowest BCUT2D eigenvalue weighted by molar-refractivity contribution is -0.376. The van der Waals surface area contributed by atoms with Gasteiger partial charge in [-0.1, -0.05) is 30.3 Å². The van der Waals surface area contributed by atoms with Crippen molar-refractivity contribution in [2.45, 2.75) is 43.6 Å². The summed E-state index contributed by atoms with van der Waals surface area (Å²) in [7, 11) is 0. The quantitative estimate of drug-likeness (QED) is 0.529. The number of alkyl halides is 6. The Hall–Kier alpha value is -2.42. The Morgan fingerprint density at radius 2 is 1.23 bits per heavy atom. The van der Waals surface area contributed by atoms with Crippen molar-refractivity contribution in [1.82, 2.24) is 0 Å². The van der Waals surface area contributed by atoms with Gasteiger partial charge < -0.3 is 15.7 Å². The van der Waals surface area contributed by atoms with Gasteiger partial charge in [0.1, 0.15) is 0 Å². The average molecular weight is 432 g/mol. The number of para-hydroxylation sites is 1. The lowest BCUT2D eigenvalue weighted by Crippen LogP contribution is -2.54. The molecular weight excluding hydrogens is 410 g/mol. The predicted octanol–water partition coefficient (Wildman–Crippen LogP) is 5.40. The Balaban J connectivity index is 0.000000212. The van der Waals surface area contributed by atoms with Gasteiger partial charge in [-0.2, -0.15) is 26.3 Å². The number of aryl methyl sites for hydroxylation is 2. The van der Waals surface area contributed by atoms with Gasteiger partial charge in [0.25, 0.3) is 5.60 Å². The Morgan fingerprint density at radius 1 is 0.700 bits per heavy atom. The number of hydrogen-bond donors (Lipinski definition) is 3. The molecule has 0 aromatic heterocycles. The molecule has 164 valence electrons. The lowest BCUT2D eigenvalue weighted by Gasteiger charge is -2.33. The first-order chi connectivity index (χ1) is 14.0. The van der Waals surface area contributed by atoms with Crippen LogP contribution < -0.4 is 10.6 Å². The third-order valence-corrected chi connectivity index (χ3v) is 5.24. The van der Waals surface area contributed by atoms with Crippen LogP contribution in [-0.2, 0) is 18.4 Å². The summed E-state index contributed by atoms with van der Waals surface area (Å²) in [5.74, 6) is 0. The molecule has 0 amide bonds. The minimum Gasteiger partial charge on any atom is -0.385 e. The topological polar surface area (TPSA) is 44.3 Å². The minimum absolute atomic E-state index is 0.334. The number of anilines is 2. The van der Waals surface area contributed by atoms with Crippen molar-refractivity contribution in [3.63, 3.8) is 0 Å². The molecule has 3 N–H and O–H groups in total. The van der Waals surface area contributed by atoms with Crippen LogP contribution in [0.2, 0.25) is 0 Å². The van der Waals surface area contributed by atoms with Crippen molar-refractivity contribution in [2.24, 2.45) is 0 Å². The zero-order valence-electron chi connectivity index (χ0n) is 16.0. The normalized spacial score (nSPS) is 16.2. The summed E-state index contributed by atoms with van der Waals surface area (Å²) < 4.78 is 76.4. The summed E-state index contributed by atoms with van der Waals surface area (Å²) in [5.41, 5.74) is -2.44. The van der Waals surface area contributed by atoms with E-state index in [1.807, 2.05) is 0 Å². The molecule has 0 aliphatic carbocycles. The minimum atomic E-state index is -5.85. The van der Waals surface area contributed by atoms with E-state index in [1.165, 1.54) is 24.1 Å². The van der Waals surface area contributed by atoms with Gasteiger partial charge in [0, 0.05) is 30.0 Å². The number of hydrogen-bond acceptors (Lipinski definition) is 3. The molecule has 0 atom stereocenters. The second-order valence-electron chi connectivity index (χ2n) is 7.30. The van der Waals surface area contributed by atoms with Gasteiger partial charge in [-0.25, -0.2) is 0 Å². The summed E-state index contributed by atoms with van der Waals surface area (Å²) in [6.45, 7) is 1.74. The molecule has 0 bridgehead atoms. The van der Waals surface area contributed by atoms with Crippen LogP contribution in [0.4, 0.5) is 37.7 Å². The second kappa shape index (κ2) is 8.37. The van der Waals surface area contributed by atoms with E-state index < -0.39 is 23.5 Å². The van der Waals surface area contributed by atoms with Gasteiger partial charge in [-0.05, 0) is 48.9 Å². The zero-order valence-corrected chi connectivity index (χ0v) is 16.0. The molecule has 0 unspecified atom stereocenters. The van der Waals surface area contributed by atoms with Crippen molar-refractivity contribution in [3.05, 3.63) is 59.2 Å². The first kappa shape index (κ1) is 22.3. The number of halogens is 6. The van der Waals surface area contributed by atoms with Crippen LogP contribution in [0.25, 0.3) is 0 Å². The maximum atomic E-state index is 12.7. The molecule has 2 aliphatic heterocycles. The summed E-state index contributed by atoms with van der Waals surface area (Å²) in [5, 5.41) is 15.5. The largest absolute Gasteiger partial charge is 0.430 e. The van der Waals surface area contributed by atoms with E-state index in [1.54, 1.807) is 0 Å². The Labute approximate surface area is 170 Å². The highest BCUT2D eigenvalue weighted by Crippen LogP contribution is 2.50. The van der Waals surface area contributed by atoms with E-state index in [9.17, 15) is 31.4 Å². The average Bonchev–Trinajstić information content (AvgIpc) is 2.71. The summed E-state index contributed by atoms with van der Waals surface area (Å²) in [6, 6.07) is 11.1. The van der Waals surface area contributed by atoms with Crippen LogP contribution in [0.3, 0.4) is 0 Å². The lowest BCUT2D eigenvalue weighted by atomic mass is 9.89. The molecular formula is C21H22F6N2O. The Bertz CT molecular complexity index is 840. The summed E-state index contributed by atoms with van der Waals surface area (Å²) in [6.07, 6.45) is -8.21. The van der Waals surface area contributed by atoms with Gasteiger partial charge in [0.15, 0.2) is 0 Å². The fourth-order valence-corrected chi connectivity index (χ4v) is 3.60. The number of nitrogens with one attached hydrogen (secondary N) is 2. The first-order valence-electron chi connectivity index (χ1n) is 9.59. The number of benzene rings is 2. The van der Waals surface area contributed by atoms with Crippen molar-refractivity contribution in [2.75, 3.05) is 23.7 Å². The predicted molar refractivity (Wildman–Crippen MR) is 103 cm³/mol. The molecule has 0 fully saturated rings. The third-order valence-electron chi connectivity index (χ3n) is 5.24.